The van der Waals surface area contributed by atoms with Gasteiger partial charge in [-0.05, 0) is 50.5 Å². The summed E-state index contributed by atoms with van der Waals surface area (Å²) >= 11 is 0. The van der Waals surface area contributed by atoms with E-state index >= 15 is 0 Å². The Morgan fingerprint density at radius 3 is 2.21 bits per heavy atom. The van der Waals surface area contributed by atoms with Crippen molar-refractivity contribution in [3.8, 4) is 11.1 Å². The molecule has 0 fully saturated rings. The highest BCUT2D eigenvalue weighted by Gasteiger charge is 2.44. The molecule has 0 unspecified atom stereocenters. The van der Waals surface area contributed by atoms with E-state index in [-0.39, 0.29) is 22.1 Å². The van der Waals surface area contributed by atoms with Crippen molar-refractivity contribution >= 4 is 21.9 Å². The highest BCUT2D eigenvalue weighted by atomic mass is 32.2. The number of aromatic nitrogens is 1. The second-order valence-electron chi connectivity index (χ2n) is 9.03. The average Bonchev–Trinajstić information content (AvgIpc) is 3.07. The van der Waals surface area contributed by atoms with Crippen molar-refractivity contribution in [2.45, 2.75) is 63.8 Å². The first kappa shape index (κ1) is 26.3. The summed E-state index contributed by atoms with van der Waals surface area (Å²) in [5.41, 5.74) is -0.369. The van der Waals surface area contributed by atoms with E-state index in [0.29, 0.717) is 18.5 Å². The summed E-state index contributed by atoms with van der Waals surface area (Å²) in [5, 5.41) is 0.238. The molecule has 3 aromatic rings. The molecule has 186 valence electrons. The van der Waals surface area contributed by atoms with Crippen molar-refractivity contribution in [1.82, 2.24) is 9.29 Å². The maximum Gasteiger partial charge on any atom is 0.417 e. The summed E-state index contributed by atoms with van der Waals surface area (Å²) in [6.45, 7) is 6.91. The first-order valence-electron chi connectivity index (χ1n) is 10.7. The Kier molecular flexibility index (Phi) is 7.24. The molecule has 0 aliphatic rings. The zero-order chi connectivity index (χ0) is 25.5. The molecule has 0 aliphatic heterocycles. The molecule has 2 aromatic carbocycles. The van der Waals surface area contributed by atoms with Crippen molar-refractivity contribution in [1.29, 1.82) is 0 Å². The average molecular weight is 505 g/mol. The van der Waals surface area contributed by atoms with E-state index in [1.807, 2.05) is 6.92 Å². The van der Waals surface area contributed by atoms with Gasteiger partial charge in [-0.15, -0.1) is 0 Å². The van der Waals surface area contributed by atoms with Gasteiger partial charge in [-0.25, -0.2) is 8.93 Å². The molecule has 0 aliphatic carbocycles. The summed E-state index contributed by atoms with van der Waals surface area (Å²) in [5.74, 6) is 0. The predicted octanol–water partition coefficient (Wildman–Crippen LogP) is 7.39. The van der Waals surface area contributed by atoms with E-state index in [1.54, 1.807) is 25.3 Å². The number of rotatable bonds is 6. The molecule has 3 nitrogen and oxygen atoms in total. The fourth-order valence-corrected chi connectivity index (χ4v) is 4.54. The number of benzene rings is 2. The largest absolute Gasteiger partial charge is 0.417 e. The number of nitrogens with zero attached hydrogens (tertiary/aromatic N) is 1. The minimum Gasteiger partial charge on any atom is -0.347 e. The molecule has 1 aromatic heterocycles. The van der Waals surface area contributed by atoms with Crippen molar-refractivity contribution in [2.75, 3.05) is 0 Å². The lowest BCUT2D eigenvalue weighted by atomic mass is 9.97. The third-order valence-electron chi connectivity index (χ3n) is 5.34. The van der Waals surface area contributed by atoms with Gasteiger partial charge in [0, 0.05) is 29.2 Å². The van der Waals surface area contributed by atoms with Crippen LogP contribution in [0.25, 0.3) is 22.0 Å². The second kappa shape index (κ2) is 9.37. The molecule has 0 spiro atoms. The highest BCUT2D eigenvalue weighted by Crippen LogP contribution is 2.41. The normalized spacial score (nSPS) is 15.0. The van der Waals surface area contributed by atoms with Gasteiger partial charge >= 0.3 is 12.4 Å². The third-order valence-corrected chi connectivity index (χ3v) is 6.90. The van der Waals surface area contributed by atoms with Crippen LogP contribution in [-0.2, 0) is 23.7 Å². The van der Waals surface area contributed by atoms with Gasteiger partial charge in [0.25, 0.3) is 0 Å². The molecular formula is C24H26F6N2OS. The number of halogens is 6. The summed E-state index contributed by atoms with van der Waals surface area (Å²) < 4.78 is 98.3. The molecule has 2 atom stereocenters. The number of hydrogen-bond acceptors (Lipinski definition) is 1. The smallest absolute Gasteiger partial charge is 0.347 e. The van der Waals surface area contributed by atoms with Crippen molar-refractivity contribution in [3.63, 3.8) is 0 Å². The Hall–Kier alpha value is -2.33. The number of alkyl halides is 6. The van der Waals surface area contributed by atoms with Crippen LogP contribution < -0.4 is 4.72 Å². The SMILES string of the molecule is CCCn1cc([C@H](N[S@@](=O)C(C)(C)C)C(F)(F)F)c2ccc(-c3ccccc3C(F)(F)F)cc21. The Labute approximate surface area is 196 Å². The van der Waals surface area contributed by atoms with Gasteiger partial charge < -0.3 is 4.57 Å². The van der Waals surface area contributed by atoms with E-state index < -0.39 is 39.7 Å². The van der Waals surface area contributed by atoms with Crippen LogP contribution in [0.3, 0.4) is 0 Å². The Morgan fingerprint density at radius 2 is 1.65 bits per heavy atom. The van der Waals surface area contributed by atoms with E-state index in [4.69, 9.17) is 0 Å². The van der Waals surface area contributed by atoms with Crippen LogP contribution in [0, 0.1) is 0 Å². The molecular weight excluding hydrogens is 478 g/mol. The van der Waals surface area contributed by atoms with E-state index in [0.717, 1.165) is 6.07 Å². The number of aryl methyl sites for hydroxylation is 1. The van der Waals surface area contributed by atoms with Crippen molar-refractivity contribution < 1.29 is 30.6 Å². The predicted molar refractivity (Wildman–Crippen MR) is 122 cm³/mol. The van der Waals surface area contributed by atoms with Gasteiger partial charge in [-0.1, -0.05) is 37.3 Å². The Balaban J connectivity index is 2.21. The maximum absolute atomic E-state index is 14.1. The number of nitrogens with one attached hydrogen (secondary N) is 1. The second-order valence-corrected chi connectivity index (χ2v) is 11.0. The van der Waals surface area contributed by atoms with E-state index in [2.05, 4.69) is 4.72 Å². The van der Waals surface area contributed by atoms with Crippen LogP contribution in [0.15, 0.2) is 48.7 Å². The van der Waals surface area contributed by atoms with Gasteiger partial charge in [-0.2, -0.15) is 26.3 Å². The molecule has 1 heterocycles. The zero-order valence-electron chi connectivity index (χ0n) is 19.1. The van der Waals surface area contributed by atoms with Gasteiger partial charge in [-0.3, -0.25) is 0 Å². The minimum atomic E-state index is -4.74. The van der Waals surface area contributed by atoms with Crippen LogP contribution in [0.5, 0.6) is 0 Å². The molecule has 0 radical (unpaired) electrons. The zero-order valence-corrected chi connectivity index (χ0v) is 20.0. The monoisotopic (exact) mass is 504 g/mol. The van der Waals surface area contributed by atoms with Gasteiger partial charge in [0.05, 0.1) is 21.3 Å². The maximum atomic E-state index is 14.1. The summed E-state index contributed by atoms with van der Waals surface area (Å²) in [6, 6.07) is 7.15. The number of fused-ring (bicyclic) bond motifs is 1. The molecule has 10 heteroatoms. The topological polar surface area (TPSA) is 34.0 Å². The molecule has 0 amide bonds. The summed E-state index contributed by atoms with van der Waals surface area (Å²) in [4.78, 5) is 0. The lowest BCUT2D eigenvalue weighted by Gasteiger charge is -2.25. The van der Waals surface area contributed by atoms with Crippen LogP contribution >= 0.6 is 0 Å². The number of hydrogen-bond donors (Lipinski definition) is 1. The first-order valence-corrected chi connectivity index (χ1v) is 11.8. The molecule has 0 saturated heterocycles. The van der Waals surface area contributed by atoms with Crippen LogP contribution in [0.4, 0.5) is 26.3 Å². The quantitative estimate of drug-likeness (QED) is 0.349. The van der Waals surface area contributed by atoms with Crippen molar-refractivity contribution in [3.05, 3.63) is 59.8 Å². The van der Waals surface area contributed by atoms with E-state index in [1.165, 1.54) is 42.6 Å². The summed E-state index contributed by atoms with van der Waals surface area (Å²) in [7, 11) is -2.00. The summed E-state index contributed by atoms with van der Waals surface area (Å²) in [6.07, 6.45) is -7.37. The van der Waals surface area contributed by atoms with Crippen LogP contribution in [-0.4, -0.2) is 19.7 Å². The molecule has 34 heavy (non-hydrogen) atoms. The van der Waals surface area contributed by atoms with E-state index in [9.17, 15) is 30.6 Å². The molecule has 0 bridgehead atoms. The fourth-order valence-electron chi connectivity index (χ4n) is 3.72. The van der Waals surface area contributed by atoms with Gasteiger partial charge in [0.1, 0.15) is 6.04 Å². The molecule has 0 saturated carbocycles. The lowest BCUT2D eigenvalue weighted by Crippen LogP contribution is -2.41. The third kappa shape index (κ3) is 5.49. The lowest BCUT2D eigenvalue weighted by molar-refractivity contribution is -0.152. The minimum absolute atomic E-state index is 0.0537. The standard InChI is InChI=1S/C24H26F6N2OS/c1-5-12-32-14-18(21(24(28,29)30)31-34(33)22(2,3)4)17-11-10-15(13-20(17)32)16-8-6-7-9-19(16)23(25,26)27/h6-11,13-14,21,31H,5,12H2,1-4H3/t21-,34-/m0/s1. The molecule has 3 rings (SSSR count). The Morgan fingerprint density at radius 1 is 1.00 bits per heavy atom. The van der Waals surface area contributed by atoms with Crippen LogP contribution in [0.2, 0.25) is 0 Å². The highest BCUT2D eigenvalue weighted by molar-refractivity contribution is 7.84. The first-order chi connectivity index (χ1) is 15.6. The van der Waals surface area contributed by atoms with Crippen molar-refractivity contribution in [2.24, 2.45) is 0 Å². The van der Waals surface area contributed by atoms with Gasteiger partial charge in [0.2, 0.25) is 0 Å². The van der Waals surface area contributed by atoms with Gasteiger partial charge in [0.15, 0.2) is 0 Å². The fraction of sp³-hybridized carbons (Fsp3) is 0.417. The molecule has 1 N–H and O–H groups in total. The van der Waals surface area contributed by atoms with Crippen LogP contribution in [0.1, 0.15) is 51.3 Å². The Bertz CT molecular complexity index is 1190.